The zero-order valence-electron chi connectivity index (χ0n) is 10.2. The molecule has 5 heteroatoms. The van der Waals surface area contributed by atoms with E-state index in [-0.39, 0.29) is 6.04 Å². The zero-order valence-corrected chi connectivity index (χ0v) is 11.8. The van der Waals surface area contributed by atoms with E-state index in [1.165, 1.54) is 9.75 Å². The standard InChI is InChI=1S/C13H13N3S2/c1-8-3-4-11(18-8)9(2)16-13-12-10(5-6-17-12)14-7-15-13/h3-7,9H,1-2H3,(H,14,15,16). The largest absolute Gasteiger partial charge is 0.361 e. The maximum absolute atomic E-state index is 4.34. The molecule has 1 unspecified atom stereocenters. The molecule has 18 heavy (non-hydrogen) atoms. The minimum Gasteiger partial charge on any atom is -0.361 e. The van der Waals surface area contributed by atoms with Crippen LogP contribution in [0.25, 0.3) is 10.2 Å². The van der Waals surface area contributed by atoms with Gasteiger partial charge in [-0.15, -0.1) is 22.7 Å². The highest BCUT2D eigenvalue weighted by Gasteiger charge is 2.11. The molecule has 1 N–H and O–H groups in total. The Balaban J connectivity index is 1.90. The average molecular weight is 275 g/mol. The van der Waals surface area contributed by atoms with Gasteiger partial charge in [-0.2, -0.15) is 0 Å². The number of hydrogen-bond acceptors (Lipinski definition) is 5. The summed E-state index contributed by atoms with van der Waals surface area (Å²) in [5, 5.41) is 5.52. The lowest BCUT2D eigenvalue weighted by Crippen LogP contribution is -2.06. The Kier molecular flexibility index (Phi) is 3.01. The second kappa shape index (κ2) is 4.66. The molecule has 0 bridgehead atoms. The van der Waals surface area contributed by atoms with Crippen molar-refractivity contribution in [2.24, 2.45) is 0 Å². The quantitative estimate of drug-likeness (QED) is 0.777. The first kappa shape index (κ1) is 11.6. The molecule has 0 saturated carbocycles. The molecule has 0 aliphatic carbocycles. The van der Waals surface area contributed by atoms with E-state index in [1.807, 2.05) is 22.8 Å². The van der Waals surface area contributed by atoms with E-state index < -0.39 is 0 Å². The molecular weight excluding hydrogens is 262 g/mol. The predicted octanol–water partition coefficient (Wildman–Crippen LogP) is 4.23. The highest BCUT2D eigenvalue weighted by Crippen LogP contribution is 2.30. The summed E-state index contributed by atoms with van der Waals surface area (Å²) < 4.78 is 1.12. The summed E-state index contributed by atoms with van der Waals surface area (Å²) in [5.74, 6) is 0.925. The van der Waals surface area contributed by atoms with Crippen molar-refractivity contribution in [3.05, 3.63) is 39.7 Å². The van der Waals surface area contributed by atoms with Crippen LogP contribution >= 0.6 is 22.7 Å². The molecule has 0 aliphatic heterocycles. The zero-order chi connectivity index (χ0) is 12.5. The van der Waals surface area contributed by atoms with Crippen molar-refractivity contribution < 1.29 is 0 Å². The summed E-state index contributed by atoms with van der Waals surface area (Å²) in [6.07, 6.45) is 1.61. The Morgan fingerprint density at radius 2 is 2.11 bits per heavy atom. The molecule has 0 aliphatic rings. The van der Waals surface area contributed by atoms with E-state index in [1.54, 1.807) is 17.7 Å². The Labute approximate surface area is 114 Å². The van der Waals surface area contributed by atoms with Crippen LogP contribution in [0, 0.1) is 6.92 Å². The van der Waals surface area contributed by atoms with Gasteiger partial charge in [0.15, 0.2) is 0 Å². The van der Waals surface area contributed by atoms with Gasteiger partial charge >= 0.3 is 0 Å². The van der Waals surface area contributed by atoms with Crippen molar-refractivity contribution in [1.82, 2.24) is 9.97 Å². The van der Waals surface area contributed by atoms with Crippen LogP contribution < -0.4 is 5.32 Å². The Bertz CT molecular complexity index is 671. The van der Waals surface area contributed by atoms with Crippen molar-refractivity contribution in [2.45, 2.75) is 19.9 Å². The second-order valence-electron chi connectivity index (χ2n) is 4.17. The molecule has 3 aromatic heterocycles. The average Bonchev–Trinajstić information content (AvgIpc) is 2.97. The van der Waals surface area contributed by atoms with Crippen LogP contribution in [0.1, 0.15) is 22.7 Å². The molecule has 3 aromatic rings. The highest BCUT2D eigenvalue weighted by atomic mass is 32.1. The van der Waals surface area contributed by atoms with Crippen LogP contribution in [0.5, 0.6) is 0 Å². The summed E-state index contributed by atoms with van der Waals surface area (Å²) in [6, 6.07) is 6.61. The number of thiophene rings is 2. The number of anilines is 1. The molecule has 3 heterocycles. The third-order valence-corrected chi connectivity index (χ3v) is 4.88. The number of hydrogen-bond donors (Lipinski definition) is 1. The van der Waals surface area contributed by atoms with Gasteiger partial charge in [-0.25, -0.2) is 9.97 Å². The van der Waals surface area contributed by atoms with E-state index in [0.717, 1.165) is 16.0 Å². The maximum Gasteiger partial charge on any atom is 0.147 e. The van der Waals surface area contributed by atoms with Crippen molar-refractivity contribution in [1.29, 1.82) is 0 Å². The molecule has 0 spiro atoms. The summed E-state index contributed by atoms with van der Waals surface area (Å²) in [7, 11) is 0. The summed E-state index contributed by atoms with van der Waals surface area (Å²) >= 11 is 3.49. The monoisotopic (exact) mass is 275 g/mol. The van der Waals surface area contributed by atoms with E-state index in [9.17, 15) is 0 Å². The van der Waals surface area contributed by atoms with Gasteiger partial charge in [-0.3, -0.25) is 0 Å². The number of aromatic nitrogens is 2. The van der Waals surface area contributed by atoms with Crippen molar-refractivity contribution >= 4 is 38.7 Å². The minimum atomic E-state index is 0.267. The lowest BCUT2D eigenvalue weighted by molar-refractivity contribution is 0.898. The Morgan fingerprint density at radius 1 is 1.22 bits per heavy atom. The van der Waals surface area contributed by atoms with Crippen LogP contribution in [0.15, 0.2) is 29.9 Å². The van der Waals surface area contributed by atoms with E-state index in [4.69, 9.17) is 0 Å². The van der Waals surface area contributed by atoms with Crippen LogP contribution in [-0.4, -0.2) is 9.97 Å². The number of nitrogens with zero attached hydrogens (tertiary/aromatic N) is 2. The topological polar surface area (TPSA) is 37.8 Å². The van der Waals surface area contributed by atoms with Gasteiger partial charge in [0, 0.05) is 9.75 Å². The van der Waals surface area contributed by atoms with Gasteiger partial charge in [0.05, 0.1) is 16.3 Å². The third kappa shape index (κ3) is 2.11. The van der Waals surface area contributed by atoms with Gasteiger partial charge in [-0.05, 0) is 37.4 Å². The minimum absolute atomic E-state index is 0.267. The Hall–Kier alpha value is -1.46. The Morgan fingerprint density at radius 3 is 2.89 bits per heavy atom. The summed E-state index contributed by atoms with van der Waals surface area (Å²) in [5.41, 5.74) is 1.01. The van der Waals surface area contributed by atoms with Gasteiger partial charge in [0.1, 0.15) is 12.1 Å². The second-order valence-corrected chi connectivity index (χ2v) is 6.41. The van der Waals surface area contributed by atoms with Crippen LogP contribution in [0.4, 0.5) is 5.82 Å². The van der Waals surface area contributed by atoms with Crippen molar-refractivity contribution in [3.63, 3.8) is 0 Å². The molecule has 92 valence electrons. The predicted molar refractivity (Wildman–Crippen MR) is 78.5 cm³/mol. The SMILES string of the molecule is Cc1ccc(C(C)Nc2ncnc3ccsc23)s1. The fourth-order valence-electron chi connectivity index (χ4n) is 1.85. The number of fused-ring (bicyclic) bond motifs is 1. The van der Waals surface area contributed by atoms with Gasteiger partial charge in [-0.1, -0.05) is 0 Å². The van der Waals surface area contributed by atoms with Crippen LogP contribution in [0.3, 0.4) is 0 Å². The van der Waals surface area contributed by atoms with E-state index in [2.05, 4.69) is 41.3 Å². The number of rotatable bonds is 3. The molecule has 3 rings (SSSR count). The first-order valence-corrected chi connectivity index (χ1v) is 7.45. The normalized spacial score (nSPS) is 12.8. The molecule has 3 nitrogen and oxygen atoms in total. The lowest BCUT2D eigenvalue weighted by Gasteiger charge is -2.13. The molecule has 1 atom stereocenters. The first-order valence-electron chi connectivity index (χ1n) is 5.75. The van der Waals surface area contributed by atoms with Crippen molar-refractivity contribution in [2.75, 3.05) is 5.32 Å². The lowest BCUT2D eigenvalue weighted by atomic mass is 10.2. The smallest absolute Gasteiger partial charge is 0.147 e. The van der Waals surface area contributed by atoms with Gasteiger partial charge in [0.2, 0.25) is 0 Å². The molecule has 0 fully saturated rings. The molecular formula is C13H13N3S2. The van der Waals surface area contributed by atoms with Crippen LogP contribution in [0.2, 0.25) is 0 Å². The number of aryl methyl sites for hydroxylation is 1. The van der Waals surface area contributed by atoms with Crippen molar-refractivity contribution in [3.8, 4) is 0 Å². The fourth-order valence-corrected chi connectivity index (χ4v) is 3.53. The van der Waals surface area contributed by atoms with Gasteiger partial charge < -0.3 is 5.32 Å². The number of nitrogens with one attached hydrogen (secondary N) is 1. The molecule has 0 amide bonds. The highest BCUT2D eigenvalue weighted by molar-refractivity contribution is 7.17. The fraction of sp³-hybridized carbons (Fsp3) is 0.231. The molecule has 0 radical (unpaired) electrons. The van der Waals surface area contributed by atoms with E-state index >= 15 is 0 Å². The van der Waals surface area contributed by atoms with Crippen LogP contribution in [-0.2, 0) is 0 Å². The van der Waals surface area contributed by atoms with Gasteiger partial charge in [0.25, 0.3) is 0 Å². The summed E-state index contributed by atoms with van der Waals surface area (Å²) in [4.78, 5) is 11.3. The molecule has 0 saturated heterocycles. The first-order chi connectivity index (χ1) is 8.74. The van der Waals surface area contributed by atoms with E-state index in [0.29, 0.717) is 0 Å². The maximum atomic E-state index is 4.34. The molecule has 0 aromatic carbocycles. The summed E-state index contributed by atoms with van der Waals surface area (Å²) in [6.45, 7) is 4.29. The third-order valence-electron chi connectivity index (χ3n) is 2.78.